The first-order valence-electron chi connectivity index (χ1n) is 19.0. The van der Waals surface area contributed by atoms with Crippen molar-refractivity contribution in [3.05, 3.63) is 12.2 Å². The van der Waals surface area contributed by atoms with Gasteiger partial charge in [0.2, 0.25) is 5.91 Å². The van der Waals surface area contributed by atoms with Gasteiger partial charge >= 0.3 is 0 Å². The molecule has 0 saturated heterocycles. The van der Waals surface area contributed by atoms with Crippen LogP contribution < -0.4 is 5.32 Å². The van der Waals surface area contributed by atoms with Gasteiger partial charge in [0.25, 0.3) is 10.1 Å². The highest BCUT2D eigenvalue weighted by Gasteiger charge is 2.28. The molecule has 0 fully saturated rings. The summed E-state index contributed by atoms with van der Waals surface area (Å²) in [5, 5.41) is 23.4. The lowest BCUT2D eigenvalue weighted by atomic mass is 10.0. The van der Waals surface area contributed by atoms with Gasteiger partial charge in [-0.15, -0.1) is 0 Å². The summed E-state index contributed by atoms with van der Waals surface area (Å²) in [6.07, 6.45) is 33.8. The van der Waals surface area contributed by atoms with Crippen molar-refractivity contribution >= 4 is 16.0 Å². The van der Waals surface area contributed by atoms with Crippen LogP contribution in [0.15, 0.2) is 12.2 Å². The zero-order valence-electron chi connectivity index (χ0n) is 29.4. The first-order chi connectivity index (χ1) is 21.7. The Morgan fingerprint density at radius 3 is 1.40 bits per heavy atom. The number of amides is 1. The Morgan fingerprint density at radius 1 is 0.578 bits per heavy atom. The lowest BCUT2D eigenvalue weighted by Crippen LogP contribution is -2.50. The molecule has 0 saturated carbocycles. The van der Waals surface area contributed by atoms with E-state index in [1.807, 2.05) is 0 Å². The third kappa shape index (κ3) is 31.4. The Morgan fingerprint density at radius 2 is 0.956 bits per heavy atom. The van der Waals surface area contributed by atoms with E-state index in [1.165, 1.54) is 103 Å². The summed E-state index contributed by atoms with van der Waals surface area (Å²) in [6, 6.07) is -1.15. The minimum Gasteiger partial charge on any atom is -0.391 e. The number of carbonyl (C=O) groups is 1. The van der Waals surface area contributed by atoms with Gasteiger partial charge in [-0.2, -0.15) is 8.42 Å². The Hall–Kier alpha value is -0.960. The van der Waals surface area contributed by atoms with E-state index in [0.29, 0.717) is 19.3 Å². The van der Waals surface area contributed by atoms with Crippen molar-refractivity contribution in [2.45, 2.75) is 212 Å². The number of aliphatic hydroxyl groups excluding tert-OH is 2. The minimum atomic E-state index is -4.40. The van der Waals surface area contributed by atoms with E-state index in [9.17, 15) is 28.0 Å². The van der Waals surface area contributed by atoms with Crippen LogP contribution in [0.3, 0.4) is 0 Å². The van der Waals surface area contributed by atoms with Crippen LogP contribution in [0.5, 0.6) is 0 Å². The van der Waals surface area contributed by atoms with E-state index in [-0.39, 0.29) is 6.42 Å². The fraction of sp³-hybridized carbons (Fsp3) is 0.919. The number of carbonyl (C=O) groups excluding carboxylic acids is 1. The molecule has 4 N–H and O–H groups in total. The van der Waals surface area contributed by atoms with Gasteiger partial charge in [0, 0.05) is 0 Å². The van der Waals surface area contributed by atoms with Crippen molar-refractivity contribution in [1.82, 2.24) is 5.32 Å². The first-order valence-corrected chi connectivity index (χ1v) is 20.6. The molecule has 0 aromatic heterocycles. The average Bonchev–Trinajstić information content (AvgIpc) is 3.00. The molecule has 268 valence electrons. The monoisotopic (exact) mass is 660 g/mol. The smallest absolute Gasteiger partial charge is 0.266 e. The quantitative estimate of drug-likeness (QED) is 0.0310. The molecule has 0 aromatic carbocycles. The number of rotatable bonds is 34. The molecular weight excluding hydrogens is 586 g/mol. The molecule has 3 unspecified atom stereocenters. The minimum absolute atomic E-state index is 0.284. The topological polar surface area (TPSA) is 124 Å². The maximum atomic E-state index is 12.5. The highest BCUT2D eigenvalue weighted by atomic mass is 32.2. The molecule has 1 amide bonds. The van der Waals surface area contributed by atoms with Gasteiger partial charge < -0.3 is 15.5 Å². The molecular formula is C37H73NO6S. The second-order valence-corrected chi connectivity index (χ2v) is 14.8. The second kappa shape index (κ2) is 31.6. The fourth-order valence-electron chi connectivity index (χ4n) is 5.85. The highest BCUT2D eigenvalue weighted by Crippen LogP contribution is 2.16. The number of allylic oxidation sites excluding steroid dienone is 2. The number of hydrogen-bond acceptors (Lipinski definition) is 5. The number of unbranched alkanes of at least 4 members (excludes halogenated alkanes) is 23. The van der Waals surface area contributed by atoms with Crippen LogP contribution in [0.25, 0.3) is 0 Å². The number of aliphatic hydroxyl groups is 2. The van der Waals surface area contributed by atoms with E-state index in [4.69, 9.17) is 0 Å². The third-order valence-corrected chi connectivity index (χ3v) is 9.61. The molecule has 45 heavy (non-hydrogen) atoms. The standard InChI is InChI=1S/C37H73NO6S/c1-3-5-7-9-11-13-15-16-17-18-19-20-21-22-24-25-27-29-31-35(39)34(33-45(42,43)44)38-37(41)36(40)32-30-28-26-23-14-12-10-8-6-4-2/h10,12,34-36,39-40H,3-9,11,13-33H2,1-2H3,(H,38,41)(H,42,43,44)/b12-10-. The van der Waals surface area contributed by atoms with Crippen LogP contribution in [0.2, 0.25) is 0 Å². The van der Waals surface area contributed by atoms with Crippen molar-refractivity contribution < 1.29 is 28.0 Å². The molecule has 0 aromatic rings. The molecule has 3 atom stereocenters. The molecule has 0 heterocycles. The maximum Gasteiger partial charge on any atom is 0.266 e. The Bertz CT molecular complexity index is 788. The van der Waals surface area contributed by atoms with Crippen molar-refractivity contribution in [2.24, 2.45) is 0 Å². The van der Waals surface area contributed by atoms with Crippen molar-refractivity contribution in [3.63, 3.8) is 0 Å². The van der Waals surface area contributed by atoms with Gasteiger partial charge in [-0.3, -0.25) is 9.35 Å². The van der Waals surface area contributed by atoms with E-state index in [0.717, 1.165) is 51.4 Å². The van der Waals surface area contributed by atoms with Crippen LogP contribution in [0.1, 0.15) is 194 Å². The molecule has 0 spiro atoms. The van der Waals surface area contributed by atoms with E-state index >= 15 is 0 Å². The van der Waals surface area contributed by atoms with Crippen LogP contribution in [0.4, 0.5) is 0 Å². The van der Waals surface area contributed by atoms with Crippen molar-refractivity contribution in [2.75, 3.05) is 5.75 Å². The van der Waals surface area contributed by atoms with Crippen molar-refractivity contribution in [1.29, 1.82) is 0 Å². The van der Waals surface area contributed by atoms with Crippen LogP contribution >= 0.6 is 0 Å². The largest absolute Gasteiger partial charge is 0.391 e. The number of nitrogens with one attached hydrogen (secondary N) is 1. The predicted molar refractivity (Wildman–Crippen MR) is 190 cm³/mol. The first kappa shape index (κ1) is 44.0. The molecule has 0 aliphatic rings. The summed E-state index contributed by atoms with van der Waals surface area (Å²) in [5.74, 6) is -1.46. The second-order valence-electron chi connectivity index (χ2n) is 13.4. The van der Waals surface area contributed by atoms with Gasteiger partial charge in [-0.25, -0.2) is 0 Å². The highest BCUT2D eigenvalue weighted by molar-refractivity contribution is 7.85. The molecule has 8 heteroatoms. The lowest BCUT2D eigenvalue weighted by molar-refractivity contribution is -0.131. The predicted octanol–water partition coefficient (Wildman–Crippen LogP) is 9.60. The fourth-order valence-corrected chi connectivity index (χ4v) is 6.61. The lowest BCUT2D eigenvalue weighted by Gasteiger charge is -2.24. The maximum absolute atomic E-state index is 12.5. The van der Waals surface area contributed by atoms with Crippen LogP contribution in [-0.2, 0) is 14.9 Å². The molecule has 0 aliphatic heterocycles. The van der Waals surface area contributed by atoms with Gasteiger partial charge in [0.05, 0.1) is 17.9 Å². The number of hydrogen-bond donors (Lipinski definition) is 4. The van der Waals surface area contributed by atoms with E-state index < -0.39 is 40.0 Å². The summed E-state index contributed by atoms with van der Waals surface area (Å²) in [4.78, 5) is 12.5. The third-order valence-electron chi connectivity index (χ3n) is 8.83. The molecule has 0 rings (SSSR count). The zero-order valence-corrected chi connectivity index (χ0v) is 30.2. The normalized spacial score (nSPS) is 14.2. The Labute approximate surface area is 278 Å². The van der Waals surface area contributed by atoms with Crippen LogP contribution in [-0.4, -0.2) is 53.1 Å². The Kier molecular flexibility index (Phi) is 31.0. The zero-order chi connectivity index (χ0) is 33.4. The summed E-state index contributed by atoms with van der Waals surface area (Å²) >= 11 is 0. The van der Waals surface area contributed by atoms with Gasteiger partial charge in [0.15, 0.2) is 0 Å². The molecule has 7 nitrogen and oxygen atoms in total. The van der Waals surface area contributed by atoms with Gasteiger partial charge in [-0.05, 0) is 32.1 Å². The summed E-state index contributed by atoms with van der Waals surface area (Å²) < 4.78 is 32.4. The SMILES string of the molecule is CCCC/C=C\CCCCCCC(O)C(=O)NC(CS(=O)(=O)O)C(O)CCCCCCCCCCCCCCCCCCCC. The molecule has 0 radical (unpaired) electrons. The van der Waals surface area contributed by atoms with Gasteiger partial charge in [-0.1, -0.05) is 174 Å². The summed E-state index contributed by atoms with van der Waals surface area (Å²) in [5.41, 5.74) is 0. The van der Waals surface area contributed by atoms with Crippen LogP contribution in [0, 0.1) is 0 Å². The Balaban J connectivity index is 3.98. The van der Waals surface area contributed by atoms with Crippen molar-refractivity contribution in [3.8, 4) is 0 Å². The average molecular weight is 660 g/mol. The summed E-state index contributed by atoms with van der Waals surface area (Å²) in [7, 11) is -4.40. The summed E-state index contributed by atoms with van der Waals surface area (Å²) in [6.45, 7) is 4.45. The molecule has 0 bridgehead atoms. The van der Waals surface area contributed by atoms with E-state index in [2.05, 4.69) is 31.3 Å². The molecule has 0 aliphatic carbocycles. The van der Waals surface area contributed by atoms with Gasteiger partial charge in [0.1, 0.15) is 6.10 Å². The van der Waals surface area contributed by atoms with E-state index in [1.54, 1.807) is 0 Å².